The van der Waals surface area contributed by atoms with Crippen LogP contribution in [0, 0.1) is 5.92 Å². The summed E-state index contributed by atoms with van der Waals surface area (Å²) in [7, 11) is 0. The minimum absolute atomic E-state index is 0.582. The van der Waals surface area contributed by atoms with E-state index >= 15 is 0 Å². The number of para-hydroxylation sites is 1. The van der Waals surface area contributed by atoms with E-state index in [0.717, 1.165) is 32.1 Å². The lowest BCUT2D eigenvalue weighted by molar-refractivity contribution is 0.234. The van der Waals surface area contributed by atoms with E-state index in [-0.39, 0.29) is 0 Å². The van der Waals surface area contributed by atoms with Gasteiger partial charge in [0.05, 0.1) is 11.4 Å². The zero-order valence-corrected chi connectivity index (χ0v) is 10.8. The Hall–Kier alpha value is -1.22. The zero-order valence-electron chi connectivity index (χ0n) is 10.8. The van der Waals surface area contributed by atoms with Gasteiger partial charge < -0.3 is 15.5 Å². The molecule has 1 aromatic carbocycles. The van der Waals surface area contributed by atoms with Gasteiger partial charge in [-0.05, 0) is 30.4 Å². The standard InChI is InChI=1S/C15H21N3/c1-3-11(4-1)14-12-5-2-6-13-15(12)18(9-7-16-13)10-8-17-14/h2,5-6,11,14,16-17H,1,3-4,7-10H2. The Kier molecular flexibility index (Phi) is 2.47. The minimum Gasteiger partial charge on any atom is -0.382 e. The fourth-order valence-electron chi connectivity index (χ4n) is 3.63. The Bertz CT molecular complexity index is 453. The molecule has 0 spiro atoms. The molecule has 3 nitrogen and oxygen atoms in total. The van der Waals surface area contributed by atoms with Crippen LogP contribution in [0.5, 0.6) is 0 Å². The second-order valence-electron chi connectivity index (χ2n) is 5.78. The largest absolute Gasteiger partial charge is 0.382 e. The molecule has 0 amide bonds. The highest BCUT2D eigenvalue weighted by Gasteiger charge is 2.33. The third-order valence-corrected chi connectivity index (χ3v) is 4.78. The van der Waals surface area contributed by atoms with Gasteiger partial charge in [-0.1, -0.05) is 18.6 Å². The van der Waals surface area contributed by atoms with E-state index in [2.05, 4.69) is 33.7 Å². The van der Waals surface area contributed by atoms with E-state index in [1.807, 2.05) is 0 Å². The van der Waals surface area contributed by atoms with Crippen LogP contribution in [0.25, 0.3) is 0 Å². The van der Waals surface area contributed by atoms with Crippen LogP contribution in [-0.4, -0.2) is 26.2 Å². The first-order valence-electron chi connectivity index (χ1n) is 7.28. The molecule has 3 heteroatoms. The summed E-state index contributed by atoms with van der Waals surface area (Å²) in [5.74, 6) is 0.860. The maximum atomic E-state index is 3.79. The topological polar surface area (TPSA) is 27.3 Å². The third-order valence-electron chi connectivity index (χ3n) is 4.78. The summed E-state index contributed by atoms with van der Waals surface area (Å²) < 4.78 is 0. The van der Waals surface area contributed by atoms with Crippen molar-refractivity contribution in [2.45, 2.75) is 25.3 Å². The number of nitrogens with one attached hydrogen (secondary N) is 2. The van der Waals surface area contributed by atoms with Crippen LogP contribution >= 0.6 is 0 Å². The summed E-state index contributed by atoms with van der Waals surface area (Å²) in [4.78, 5) is 2.56. The molecule has 0 aromatic heterocycles. The van der Waals surface area contributed by atoms with Crippen molar-refractivity contribution in [2.24, 2.45) is 5.92 Å². The molecule has 2 heterocycles. The van der Waals surface area contributed by atoms with Crippen molar-refractivity contribution in [1.82, 2.24) is 5.32 Å². The number of hydrogen-bond acceptors (Lipinski definition) is 3. The quantitative estimate of drug-likeness (QED) is 0.793. The van der Waals surface area contributed by atoms with E-state index in [9.17, 15) is 0 Å². The van der Waals surface area contributed by atoms with Crippen LogP contribution in [0.4, 0.5) is 11.4 Å². The first-order valence-corrected chi connectivity index (χ1v) is 7.28. The predicted molar refractivity (Wildman–Crippen MR) is 75.2 cm³/mol. The molecule has 1 fully saturated rings. The monoisotopic (exact) mass is 243 g/mol. The lowest BCUT2D eigenvalue weighted by atomic mass is 9.76. The molecule has 2 aliphatic heterocycles. The average Bonchev–Trinajstić information content (AvgIpc) is 2.51. The summed E-state index contributed by atoms with van der Waals surface area (Å²) in [6, 6.07) is 7.36. The van der Waals surface area contributed by atoms with Gasteiger partial charge >= 0.3 is 0 Å². The van der Waals surface area contributed by atoms with Crippen molar-refractivity contribution in [3.63, 3.8) is 0 Å². The zero-order chi connectivity index (χ0) is 11.9. The van der Waals surface area contributed by atoms with Crippen molar-refractivity contribution in [1.29, 1.82) is 0 Å². The van der Waals surface area contributed by atoms with Gasteiger partial charge in [0, 0.05) is 32.2 Å². The van der Waals surface area contributed by atoms with Gasteiger partial charge in [0.2, 0.25) is 0 Å². The molecule has 1 saturated carbocycles. The number of hydrogen-bond donors (Lipinski definition) is 2. The van der Waals surface area contributed by atoms with Crippen molar-refractivity contribution in [3.05, 3.63) is 23.8 Å². The average molecular weight is 243 g/mol. The van der Waals surface area contributed by atoms with Gasteiger partial charge in [-0.15, -0.1) is 0 Å². The number of rotatable bonds is 1. The Morgan fingerprint density at radius 3 is 2.83 bits per heavy atom. The van der Waals surface area contributed by atoms with E-state index < -0.39 is 0 Å². The van der Waals surface area contributed by atoms with E-state index in [1.54, 1.807) is 0 Å². The maximum absolute atomic E-state index is 3.79. The van der Waals surface area contributed by atoms with Gasteiger partial charge in [0.25, 0.3) is 0 Å². The molecule has 96 valence electrons. The van der Waals surface area contributed by atoms with Crippen molar-refractivity contribution in [3.8, 4) is 0 Å². The molecule has 18 heavy (non-hydrogen) atoms. The molecule has 0 bridgehead atoms. The van der Waals surface area contributed by atoms with Gasteiger partial charge in [0.1, 0.15) is 0 Å². The predicted octanol–water partition coefficient (Wildman–Crippen LogP) is 2.36. The summed E-state index contributed by atoms with van der Waals surface area (Å²) in [5, 5.41) is 7.35. The van der Waals surface area contributed by atoms with Crippen molar-refractivity contribution < 1.29 is 0 Å². The third kappa shape index (κ3) is 1.53. The first kappa shape index (κ1) is 10.7. The molecule has 0 saturated heterocycles. The van der Waals surface area contributed by atoms with Crippen LogP contribution < -0.4 is 15.5 Å². The molecule has 1 aliphatic carbocycles. The molecular formula is C15H21N3. The first-order chi connectivity index (χ1) is 8.93. The van der Waals surface area contributed by atoms with Gasteiger partial charge in [-0.3, -0.25) is 0 Å². The van der Waals surface area contributed by atoms with Gasteiger partial charge in [-0.2, -0.15) is 0 Å². The SMILES string of the molecule is c1cc2c3c(c1)C(C1CCC1)NCCN3CCN2. The Morgan fingerprint density at radius 2 is 2.00 bits per heavy atom. The highest BCUT2D eigenvalue weighted by molar-refractivity contribution is 5.76. The number of anilines is 2. The second-order valence-corrected chi connectivity index (χ2v) is 5.78. The highest BCUT2D eigenvalue weighted by atomic mass is 15.2. The second kappa shape index (κ2) is 4.16. The molecule has 3 aliphatic rings. The summed E-state index contributed by atoms with van der Waals surface area (Å²) >= 11 is 0. The molecule has 1 atom stereocenters. The minimum atomic E-state index is 0.582. The Labute approximate surface area is 109 Å². The normalized spacial score (nSPS) is 26.9. The van der Waals surface area contributed by atoms with Crippen LogP contribution in [0.3, 0.4) is 0 Å². The lowest BCUT2D eigenvalue weighted by Crippen LogP contribution is -2.36. The van der Waals surface area contributed by atoms with Crippen LogP contribution in [0.2, 0.25) is 0 Å². The van der Waals surface area contributed by atoms with E-state index in [0.29, 0.717) is 6.04 Å². The summed E-state index contributed by atoms with van der Waals surface area (Å²) in [6.45, 7) is 4.48. The molecular weight excluding hydrogens is 222 g/mol. The Morgan fingerprint density at radius 1 is 1.11 bits per heavy atom. The Balaban J connectivity index is 1.80. The number of nitrogens with zero attached hydrogens (tertiary/aromatic N) is 1. The fraction of sp³-hybridized carbons (Fsp3) is 0.600. The smallest absolute Gasteiger partial charge is 0.0651 e. The van der Waals surface area contributed by atoms with E-state index in [4.69, 9.17) is 0 Å². The molecule has 4 rings (SSSR count). The van der Waals surface area contributed by atoms with Crippen molar-refractivity contribution >= 4 is 11.4 Å². The molecule has 2 N–H and O–H groups in total. The molecule has 1 unspecified atom stereocenters. The highest BCUT2D eigenvalue weighted by Crippen LogP contribution is 2.44. The molecule has 0 radical (unpaired) electrons. The van der Waals surface area contributed by atoms with Crippen molar-refractivity contribution in [2.75, 3.05) is 36.4 Å². The fourth-order valence-corrected chi connectivity index (χ4v) is 3.63. The molecule has 1 aromatic rings. The van der Waals surface area contributed by atoms with Gasteiger partial charge in [-0.25, -0.2) is 0 Å². The van der Waals surface area contributed by atoms with E-state index in [1.165, 1.54) is 36.2 Å². The van der Waals surface area contributed by atoms with Crippen LogP contribution in [0.1, 0.15) is 30.9 Å². The van der Waals surface area contributed by atoms with Crippen LogP contribution in [-0.2, 0) is 0 Å². The lowest BCUT2D eigenvalue weighted by Gasteiger charge is -2.36. The van der Waals surface area contributed by atoms with Gasteiger partial charge in [0.15, 0.2) is 0 Å². The van der Waals surface area contributed by atoms with Crippen LogP contribution in [0.15, 0.2) is 18.2 Å². The summed E-state index contributed by atoms with van der Waals surface area (Å²) in [5.41, 5.74) is 4.35. The maximum Gasteiger partial charge on any atom is 0.0651 e. The number of benzene rings is 1. The summed E-state index contributed by atoms with van der Waals surface area (Å²) in [6.07, 6.45) is 4.21.